The molecule has 2 heterocycles. The summed E-state index contributed by atoms with van der Waals surface area (Å²) in [5.74, 6) is 1.54. The SMILES string of the molecule is Cc1cccc(CNC(=O)Cn2cccc2-c2nnc(C3CC3)o2)c1. The van der Waals surface area contributed by atoms with E-state index in [-0.39, 0.29) is 12.5 Å². The van der Waals surface area contributed by atoms with Gasteiger partial charge in [-0.1, -0.05) is 29.8 Å². The first-order valence-electron chi connectivity index (χ1n) is 8.50. The van der Waals surface area contributed by atoms with E-state index in [1.807, 2.05) is 48.0 Å². The molecule has 0 aliphatic heterocycles. The van der Waals surface area contributed by atoms with E-state index in [1.54, 1.807) is 0 Å². The molecule has 0 saturated heterocycles. The zero-order chi connectivity index (χ0) is 17.2. The zero-order valence-corrected chi connectivity index (χ0v) is 14.1. The van der Waals surface area contributed by atoms with Crippen molar-refractivity contribution in [3.05, 3.63) is 59.6 Å². The molecule has 0 bridgehead atoms. The van der Waals surface area contributed by atoms with E-state index in [4.69, 9.17) is 4.42 Å². The molecule has 1 fully saturated rings. The molecule has 1 aliphatic carbocycles. The van der Waals surface area contributed by atoms with Crippen LogP contribution in [0.4, 0.5) is 0 Å². The first kappa shape index (κ1) is 15.6. The zero-order valence-electron chi connectivity index (χ0n) is 14.1. The van der Waals surface area contributed by atoms with Crippen LogP contribution in [0.5, 0.6) is 0 Å². The molecule has 4 rings (SSSR count). The van der Waals surface area contributed by atoms with Gasteiger partial charge in [0.05, 0.1) is 0 Å². The van der Waals surface area contributed by atoms with Crippen LogP contribution < -0.4 is 5.32 Å². The lowest BCUT2D eigenvalue weighted by atomic mass is 10.1. The van der Waals surface area contributed by atoms with Gasteiger partial charge in [-0.3, -0.25) is 4.79 Å². The van der Waals surface area contributed by atoms with Gasteiger partial charge in [0.15, 0.2) is 0 Å². The molecule has 0 atom stereocenters. The van der Waals surface area contributed by atoms with Crippen LogP contribution >= 0.6 is 0 Å². The van der Waals surface area contributed by atoms with Crippen molar-refractivity contribution in [2.75, 3.05) is 0 Å². The maximum absolute atomic E-state index is 12.3. The largest absolute Gasteiger partial charge is 0.419 e. The van der Waals surface area contributed by atoms with Crippen LogP contribution in [0.3, 0.4) is 0 Å². The Kier molecular flexibility index (Phi) is 4.09. The van der Waals surface area contributed by atoms with Gasteiger partial charge in [-0.2, -0.15) is 0 Å². The second-order valence-electron chi connectivity index (χ2n) is 6.51. The molecule has 1 amide bonds. The Morgan fingerprint density at radius 3 is 2.96 bits per heavy atom. The van der Waals surface area contributed by atoms with Gasteiger partial charge in [0.2, 0.25) is 11.8 Å². The topological polar surface area (TPSA) is 73.0 Å². The highest BCUT2D eigenvalue weighted by Gasteiger charge is 2.29. The van der Waals surface area contributed by atoms with Crippen LogP contribution in [0, 0.1) is 6.92 Å². The summed E-state index contributed by atoms with van der Waals surface area (Å²) in [6.07, 6.45) is 4.08. The molecule has 1 N–H and O–H groups in total. The summed E-state index contributed by atoms with van der Waals surface area (Å²) in [6, 6.07) is 11.9. The molecule has 2 aromatic heterocycles. The van der Waals surface area contributed by atoms with E-state index >= 15 is 0 Å². The molecule has 0 radical (unpaired) electrons. The Morgan fingerprint density at radius 2 is 2.16 bits per heavy atom. The number of nitrogens with zero attached hydrogens (tertiary/aromatic N) is 3. The van der Waals surface area contributed by atoms with Gasteiger partial charge in [-0.15, -0.1) is 10.2 Å². The monoisotopic (exact) mass is 336 g/mol. The first-order valence-corrected chi connectivity index (χ1v) is 8.50. The maximum atomic E-state index is 12.3. The van der Waals surface area contributed by atoms with Crippen LogP contribution in [0.2, 0.25) is 0 Å². The lowest BCUT2D eigenvalue weighted by molar-refractivity contribution is -0.121. The van der Waals surface area contributed by atoms with Crippen LogP contribution in [0.25, 0.3) is 11.6 Å². The Hall–Kier alpha value is -2.89. The Morgan fingerprint density at radius 1 is 1.28 bits per heavy atom. The number of benzene rings is 1. The van der Waals surface area contributed by atoms with Gasteiger partial charge in [-0.05, 0) is 37.5 Å². The molecule has 1 aliphatic rings. The van der Waals surface area contributed by atoms with Crippen molar-refractivity contribution in [2.24, 2.45) is 0 Å². The lowest BCUT2D eigenvalue weighted by Crippen LogP contribution is -2.27. The summed E-state index contributed by atoms with van der Waals surface area (Å²) < 4.78 is 7.57. The molecular formula is C19H20N4O2. The quantitative estimate of drug-likeness (QED) is 0.751. The number of hydrogen-bond donors (Lipinski definition) is 1. The fourth-order valence-electron chi connectivity index (χ4n) is 2.81. The molecular weight excluding hydrogens is 316 g/mol. The summed E-state index contributed by atoms with van der Waals surface area (Å²) in [5.41, 5.74) is 3.04. The normalized spacial score (nSPS) is 13.8. The summed E-state index contributed by atoms with van der Waals surface area (Å²) in [5, 5.41) is 11.2. The average Bonchev–Trinajstić information content (AvgIpc) is 3.15. The lowest BCUT2D eigenvalue weighted by Gasteiger charge is -2.08. The highest BCUT2D eigenvalue weighted by atomic mass is 16.4. The van der Waals surface area contributed by atoms with E-state index < -0.39 is 0 Å². The van der Waals surface area contributed by atoms with Crippen molar-refractivity contribution in [1.82, 2.24) is 20.1 Å². The molecule has 1 aromatic carbocycles. The van der Waals surface area contributed by atoms with Crippen molar-refractivity contribution in [3.63, 3.8) is 0 Å². The highest BCUT2D eigenvalue weighted by molar-refractivity contribution is 5.76. The van der Waals surface area contributed by atoms with Crippen LogP contribution in [-0.4, -0.2) is 20.7 Å². The minimum absolute atomic E-state index is 0.0547. The number of aryl methyl sites for hydroxylation is 1. The van der Waals surface area contributed by atoms with Crippen molar-refractivity contribution >= 4 is 5.91 Å². The molecule has 25 heavy (non-hydrogen) atoms. The van der Waals surface area contributed by atoms with Crippen molar-refractivity contribution < 1.29 is 9.21 Å². The predicted molar refractivity (Wildman–Crippen MR) is 92.7 cm³/mol. The van der Waals surface area contributed by atoms with Crippen LogP contribution in [0.15, 0.2) is 47.0 Å². The predicted octanol–water partition coefficient (Wildman–Crippen LogP) is 3.04. The molecule has 6 nitrogen and oxygen atoms in total. The van der Waals surface area contributed by atoms with Crippen molar-refractivity contribution in [1.29, 1.82) is 0 Å². The van der Waals surface area contributed by atoms with E-state index in [2.05, 4.69) is 21.6 Å². The standard InChI is InChI=1S/C19H20N4O2/c1-13-4-2-5-14(10-13)11-20-17(24)12-23-9-3-6-16(23)19-22-21-18(25-19)15-7-8-15/h2-6,9-10,15H,7-8,11-12H2,1H3,(H,20,24). The number of carbonyl (C=O) groups excluding carboxylic acids is 1. The third-order valence-electron chi connectivity index (χ3n) is 4.30. The van der Waals surface area contributed by atoms with Crippen molar-refractivity contribution in [3.8, 4) is 11.6 Å². The number of hydrogen-bond acceptors (Lipinski definition) is 4. The number of aromatic nitrogens is 3. The fraction of sp³-hybridized carbons (Fsp3) is 0.316. The Balaban J connectivity index is 1.40. The maximum Gasteiger partial charge on any atom is 0.264 e. The van der Waals surface area contributed by atoms with E-state index in [9.17, 15) is 4.79 Å². The number of amides is 1. The van der Waals surface area contributed by atoms with E-state index in [0.29, 0.717) is 24.2 Å². The van der Waals surface area contributed by atoms with E-state index in [0.717, 1.165) is 24.1 Å². The molecule has 1 saturated carbocycles. The number of nitrogens with one attached hydrogen (secondary N) is 1. The summed E-state index contributed by atoms with van der Waals surface area (Å²) >= 11 is 0. The van der Waals surface area contributed by atoms with Crippen molar-refractivity contribution in [2.45, 2.75) is 38.8 Å². The average molecular weight is 336 g/mol. The third kappa shape index (κ3) is 3.63. The first-order chi connectivity index (χ1) is 12.2. The van der Waals surface area contributed by atoms with E-state index in [1.165, 1.54) is 5.56 Å². The molecule has 128 valence electrons. The summed E-state index contributed by atoms with van der Waals surface area (Å²) in [4.78, 5) is 12.3. The minimum atomic E-state index is -0.0547. The second kappa shape index (κ2) is 6.55. The smallest absolute Gasteiger partial charge is 0.264 e. The van der Waals surface area contributed by atoms with Crippen LogP contribution in [-0.2, 0) is 17.9 Å². The summed E-state index contributed by atoms with van der Waals surface area (Å²) in [7, 11) is 0. The number of rotatable bonds is 6. The molecule has 6 heteroatoms. The van der Waals surface area contributed by atoms with Gasteiger partial charge < -0.3 is 14.3 Å². The van der Waals surface area contributed by atoms with Gasteiger partial charge >= 0.3 is 0 Å². The van der Waals surface area contributed by atoms with Gasteiger partial charge in [0.1, 0.15) is 12.2 Å². The minimum Gasteiger partial charge on any atom is -0.419 e. The Bertz CT molecular complexity index is 892. The molecule has 3 aromatic rings. The molecule has 0 unspecified atom stereocenters. The van der Waals surface area contributed by atoms with Gasteiger partial charge in [0.25, 0.3) is 5.89 Å². The molecule has 0 spiro atoms. The number of carbonyl (C=O) groups is 1. The second-order valence-corrected chi connectivity index (χ2v) is 6.51. The Labute approximate surface area is 145 Å². The van der Waals surface area contributed by atoms with Gasteiger partial charge in [-0.25, -0.2) is 0 Å². The fourth-order valence-corrected chi connectivity index (χ4v) is 2.81. The van der Waals surface area contributed by atoms with Gasteiger partial charge in [0, 0.05) is 18.7 Å². The van der Waals surface area contributed by atoms with Crippen LogP contribution in [0.1, 0.15) is 35.8 Å². The third-order valence-corrected chi connectivity index (χ3v) is 4.30. The summed E-state index contributed by atoms with van der Waals surface area (Å²) in [6.45, 7) is 2.77. The highest BCUT2D eigenvalue weighted by Crippen LogP contribution is 2.39.